The summed E-state index contributed by atoms with van der Waals surface area (Å²) in [4.78, 5) is 30.8. The molecule has 25 heavy (non-hydrogen) atoms. The molecule has 3 heterocycles. The van der Waals surface area contributed by atoms with Gasteiger partial charge in [-0.1, -0.05) is 12.1 Å². The number of fused-ring (bicyclic) bond motifs is 1. The number of benzene rings is 1. The van der Waals surface area contributed by atoms with Crippen molar-refractivity contribution in [1.82, 2.24) is 19.9 Å². The molecule has 1 N–H and O–H groups in total. The lowest BCUT2D eigenvalue weighted by atomic mass is 9.85. The van der Waals surface area contributed by atoms with Crippen molar-refractivity contribution in [2.75, 3.05) is 4.90 Å². The van der Waals surface area contributed by atoms with Crippen LogP contribution in [0.1, 0.15) is 30.9 Å². The molecule has 4 rings (SSSR count). The van der Waals surface area contributed by atoms with Crippen LogP contribution in [-0.2, 0) is 10.2 Å². The van der Waals surface area contributed by atoms with Crippen molar-refractivity contribution in [3.8, 4) is 11.1 Å². The topological polar surface area (TPSA) is 74.8 Å². The highest BCUT2D eigenvalue weighted by Crippen LogP contribution is 2.45. The Bertz CT molecular complexity index is 972. The van der Waals surface area contributed by atoms with Gasteiger partial charge in [0.2, 0.25) is 11.9 Å². The summed E-state index contributed by atoms with van der Waals surface area (Å²) in [5, 5.41) is 0. The second-order valence-corrected chi connectivity index (χ2v) is 6.88. The summed E-state index contributed by atoms with van der Waals surface area (Å²) in [5.74, 6) is 1.29. The number of nitrogens with zero attached hydrogens (tertiary/aromatic N) is 4. The van der Waals surface area contributed by atoms with Crippen LogP contribution in [0.4, 0.5) is 11.6 Å². The Labute approximate surface area is 146 Å². The van der Waals surface area contributed by atoms with Crippen LogP contribution in [0.25, 0.3) is 11.1 Å². The van der Waals surface area contributed by atoms with E-state index in [1.807, 2.05) is 45.9 Å². The highest BCUT2D eigenvalue weighted by molar-refractivity contribution is 6.12. The van der Waals surface area contributed by atoms with Crippen molar-refractivity contribution in [1.29, 1.82) is 0 Å². The summed E-state index contributed by atoms with van der Waals surface area (Å²) >= 11 is 0. The first-order valence-corrected chi connectivity index (χ1v) is 8.18. The molecule has 126 valence electrons. The number of hydrogen-bond acceptors (Lipinski definition) is 4. The van der Waals surface area contributed by atoms with Gasteiger partial charge < -0.3 is 4.98 Å². The molecule has 1 aromatic carbocycles. The van der Waals surface area contributed by atoms with Crippen LogP contribution in [0.3, 0.4) is 0 Å². The van der Waals surface area contributed by atoms with E-state index in [-0.39, 0.29) is 5.91 Å². The first-order chi connectivity index (χ1) is 11.9. The van der Waals surface area contributed by atoms with E-state index in [0.29, 0.717) is 5.95 Å². The molecule has 0 atom stereocenters. The minimum Gasteiger partial charge on any atom is -0.330 e. The average molecular weight is 333 g/mol. The van der Waals surface area contributed by atoms with E-state index in [1.165, 1.54) is 0 Å². The molecule has 2 aromatic heterocycles. The van der Waals surface area contributed by atoms with Crippen LogP contribution >= 0.6 is 0 Å². The maximum Gasteiger partial charge on any atom is 0.244 e. The number of H-pyrrole nitrogens is 1. The van der Waals surface area contributed by atoms with E-state index < -0.39 is 5.41 Å². The second kappa shape index (κ2) is 5.24. The molecule has 3 aromatic rings. The van der Waals surface area contributed by atoms with E-state index >= 15 is 0 Å². The average Bonchev–Trinajstić information content (AvgIpc) is 3.08. The molecular formula is C19H19N5O. The van der Waals surface area contributed by atoms with Crippen LogP contribution in [-0.4, -0.2) is 25.8 Å². The Balaban J connectivity index is 1.88. The maximum atomic E-state index is 13.0. The molecule has 0 radical (unpaired) electrons. The van der Waals surface area contributed by atoms with Gasteiger partial charge in [0.15, 0.2) is 0 Å². The Morgan fingerprint density at radius 3 is 2.44 bits per heavy atom. The van der Waals surface area contributed by atoms with Gasteiger partial charge in [0.05, 0.1) is 16.8 Å². The van der Waals surface area contributed by atoms with E-state index in [0.717, 1.165) is 33.9 Å². The van der Waals surface area contributed by atoms with Gasteiger partial charge in [-0.2, -0.15) is 0 Å². The van der Waals surface area contributed by atoms with Crippen molar-refractivity contribution < 1.29 is 4.79 Å². The minimum atomic E-state index is -0.599. The van der Waals surface area contributed by atoms with Gasteiger partial charge in [0.1, 0.15) is 5.82 Å². The van der Waals surface area contributed by atoms with Gasteiger partial charge in [-0.15, -0.1) is 0 Å². The summed E-state index contributed by atoms with van der Waals surface area (Å²) in [6, 6.07) is 6.03. The monoisotopic (exact) mass is 333 g/mol. The molecule has 0 saturated carbocycles. The number of nitrogens with one attached hydrogen (secondary N) is 1. The Hall–Kier alpha value is -3.02. The van der Waals surface area contributed by atoms with Crippen molar-refractivity contribution in [3.05, 3.63) is 53.9 Å². The minimum absolute atomic E-state index is 0.00848. The first kappa shape index (κ1) is 15.5. The molecule has 0 fully saturated rings. The zero-order chi connectivity index (χ0) is 17.8. The smallest absolute Gasteiger partial charge is 0.244 e. The van der Waals surface area contributed by atoms with Crippen LogP contribution in [0.15, 0.2) is 36.8 Å². The predicted molar refractivity (Wildman–Crippen MR) is 95.7 cm³/mol. The molecule has 6 heteroatoms. The quantitative estimate of drug-likeness (QED) is 0.779. The SMILES string of the molecule is Cc1c[nH]c(N2C(=O)C(C)(C)c3ccc(-c4cnc(C)nc4)cc32)n1. The standard InChI is InChI=1S/C19H19N5O/c1-11-8-22-18(23-11)24-16-7-13(14-9-20-12(2)21-10-14)5-6-15(16)19(3,4)17(24)25/h5-10H,1-4H3,(H,22,23). The molecule has 0 unspecified atom stereocenters. The van der Waals surface area contributed by atoms with Crippen molar-refractivity contribution in [3.63, 3.8) is 0 Å². The van der Waals surface area contributed by atoms with Gasteiger partial charge in [-0.3, -0.25) is 4.79 Å². The lowest BCUT2D eigenvalue weighted by Crippen LogP contribution is -2.33. The molecule has 1 aliphatic rings. The molecular weight excluding hydrogens is 314 g/mol. The second-order valence-electron chi connectivity index (χ2n) is 6.88. The van der Waals surface area contributed by atoms with E-state index in [2.05, 4.69) is 19.9 Å². The number of hydrogen-bond donors (Lipinski definition) is 1. The Kier molecular flexibility index (Phi) is 3.25. The van der Waals surface area contributed by atoms with Crippen LogP contribution in [0.2, 0.25) is 0 Å². The third kappa shape index (κ3) is 2.33. The molecule has 0 saturated heterocycles. The fourth-order valence-electron chi connectivity index (χ4n) is 3.20. The molecule has 1 amide bonds. The van der Waals surface area contributed by atoms with E-state index in [9.17, 15) is 4.79 Å². The van der Waals surface area contributed by atoms with Gasteiger partial charge in [0.25, 0.3) is 0 Å². The fourth-order valence-corrected chi connectivity index (χ4v) is 3.20. The highest BCUT2D eigenvalue weighted by Gasteiger charge is 2.45. The number of carbonyl (C=O) groups excluding carboxylic acids is 1. The number of amides is 1. The summed E-state index contributed by atoms with van der Waals surface area (Å²) in [7, 11) is 0. The number of anilines is 2. The number of aromatic nitrogens is 4. The molecule has 0 spiro atoms. The van der Waals surface area contributed by atoms with E-state index in [4.69, 9.17) is 0 Å². The van der Waals surface area contributed by atoms with Crippen molar-refractivity contribution in [2.45, 2.75) is 33.1 Å². The van der Waals surface area contributed by atoms with Crippen molar-refractivity contribution in [2.24, 2.45) is 0 Å². The van der Waals surface area contributed by atoms with Gasteiger partial charge in [-0.25, -0.2) is 19.9 Å². The molecule has 1 aliphatic heterocycles. The summed E-state index contributed by atoms with van der Waals surface area (Å²) in [5.41, 5.74) is 3.97. The van der Waals surface area contributed by atoms with Gasteiger partial charge >= 0.3 is 0 Å². The van der Waals surface area contributed by atoms with Crippen LogP contribution in [0.5, 0.6) is 0 Å². The summed E-state index contributed by atoms with van der Waals surface area (Å²) < 4.78 is 0. The normalized spacial score (nSPS) is 15.5. The van der Waals surface area contributed by atoms with Crippen molar-refractivity contribution >= 4 is 17.5 Å². The number of carbonyl (C=O) groups is 1. The highest BCUT2D eigenvalue weighted by atomic mass is 16.2. The lowest BCUT2D eigenvalue weighted by molar-refractivity contribution is -0.121. The third-order valence-electron chi connectivity index (χ3n) is 4.67. The third-order valence-corrected chi connectivity index (χ3v) is 4.67. The molecule has 6 nitrogen and oxygen atoms in total. The number of imidazole rings is 1. The maximum absolute atomic E-state index is 13.0. The van der Waals surface area contributed by atoms with Crippen LogP contribution < -0.4 is 4.90 Å². The largest absolute Gasteiger partial charge is 0.330 e. The van der Waals surface area contributed by atoms with Gasteiger partial charge in [-0.05, 0) is 44.9 Å². The molecule has 0 bridgehead atoms. The number of aryl methyl sites for hydroxylation is 2. The Morgan fingerprint density at radius 2 is 1.80 bits per heavy atom. The number of aromatic amines is 1. The Morgan fingerprint density at radius 1 is 1.08 bits per heavy atom. The number of rotatable bonds is 2. The zero-order valence-corrected chi connectivity index (χ0v) is 14.7. The first-order valence-electron chi connectivity index (χ1n) is 8.18. The van der Waals surface area contributed by atoms with Gasteiger partial charge in [0, 0.05) is 24.2 Å². The van der Waals surface area contributed by atoms with Crippen LogP contribution in [0, 0.1) is 13.8 Å². The zero-order valence-electron chi connectivity index (χ0n) is 14.7. The summed E-state index contributed by atoms with van der Waals surface area (Å²) in [6.45, 7) is 7.64. The fraction of sp³-hybridized carbons (Fsp3) is 0.263. The molecule has 0 aliphatic carbocycles. The predicted octanol–water partition coefficient (Wildman–Crippen LogP) is 3.44. The summed E-state index contributed by atoms with van der Waals surface area (Å²) in [6.07, 6.45) is 5.39. The lowest BCUT2D eigenvalue weighted by Gasteiger charge is -2.18. The van der Waals surface area contributed by atoms with E-state index in [1.54, 1.807) is 23.5 Å².